The Hall–Kier alpha value is -4.13. The fraction of sp³-hybridized carbons (Fsp3) is 0.192. The molecule has 6 rings (SSSR count). The van der Waals surface area contributed by atoms with Gasteiger partial charge in [-0.25, -0.2) is 9.78 Å². The number of pyridine rings is 1. The minimum Gasteiger partial charge on any atom is -0.353 e. The average Bonchev–Trinajstić information content (AvgIpc) is 3.45. The Morgan fingerprint density at radius 2 is 1.70 bits per heavy atom. The first-order chi connectivity index (χ1) is 16.3. The zero-order chi connectivity index (χ0) is 22.2. The summed E-state index contributed by atoms with van der Waals surface area (Å²) in [5.41, 5.74) is 7.72. The van der Waals surface area contributed by atoms with Gasteiger partial charge in [0, 0.05) is 61.2 Å². The van der Waals surface area contributed by atoms with Crippen molar-refractivity contribution < 1.29 is 4.79 Å². The molecule has 0 radical (unpaired) electrons. The number of nitrogens with one attached hydrogen (secondary N) is 2. The number of rotatable bonds is 3. The molecule has 3 heterocycles. The summed E-state index contributed by atoms with van der Waals surface area (Å²) in [4.78, 5) is 21.2. The summed E-state index contributed by atoms with van der Waals surface area (Å²) in [7, 11) is 0. The van der Waals surface area contributed by atoms with Crippen LogP contribution in [-0.4, -0.2) is 52.3 Å². The van der Waals surface area contributed by atoms with Gasteiger partial charge in [0.2, 0.25) is 0 Å². The Balaban J connectivity index is 1.10. The zero-order valence-electron chi connectivity index (χ0n) is 18.2. The summed E-state index contributed by atoms with van der Waals surface area (Å²) in [6.45, 7) is 2.88. The van der Waals surface area contributed by atoms with Gasteiger partial charge in [0.1, 0.15) is 5.82 Å². The molecular formula is C26H24N6O. The van der Waals surface area contributed by atoms with Gasteiger partial charge in [-0.05, 0) is 29.8 Å². The highest BCUT2D eigenvalue weighted by Crippen LogP contribution is 2.39. The number of nitrogens with zero attached hydrogens (tertiary/aromatic N) is 4. The second-order valence-corrected chi connectivity index (χ2v) is 8.43. The minimum atomic E-state index is -0.0699. The van der Waals surface area contributed by atoms with E-state index in [9.17, 15) is 4.79 Å². The van der Waals surface area contributed by atoms with Gasteiger partial charge in [-0.3, -0.25) is 5.10 Å². The Morgan fingerprint density at radius 1 is 0.909 bits per heavy atom. The van der Waals surface area contributed by atoms with Crippen LogP contribution in [0.1, 0.15) is 11.1 Å². The maximum Gasteiger partial charge on any atom is 0.321 e. The van der Waals surface area contributed by atoms with Gasteiger partial charge in [0.15, 0.2) is 0 Å². The Morgan fingerprint density at radius 3 is 2.48 bits per heavy atom. The van der Waals surface area contributed by atoms with Crippen LogP contribution in [0.3, 0.4) is 0 Å². The lowest BCUT2D eigenvalue weighted by atomic mass is 10.1. The molecular weight excluding hydrogens is 412 g/mol. The Kier molecular flexibility index (Phi) is 4.79. The van der Waals surface area contributed by atoms with Crippen molar-refractivity contribution in [3.63, 3.8) is 0 Å². The van der Waals surface area contributed by atoms with Crippen LogP contribution in [0.25, 0.3) is 22.5 Å². The molecule has 1 aliphatic carbocycles. The molecule has 33 heavy (non-hydrogen) atoms. The van der Waals surface area contributed by atoms with Crippen LogP contribution in [0.5, 0.6) is 0 Å². The number of aromatic amines is 1. The molecule has 1 aliphatic heterocycles. The molecule has 4 aromatic rings. The fourth-order valence-electron chi connectivity index (χ4n) is 4.70. The Labute approximate surface area is 192 Å². The molecule has 1 saturated heterocycles. The van der Waals surface area contributed by atoms with Crippen molar-refractivity contribution in [3.05, 3.63) is 84.1 Å². The molecule has 0 atom stereocenters. The summed E-state index contributed by atoms with van der Waals surface area (Å²) in [5, 5.41) is 10.8. The number of anilines is 2. The summed E-state index contributed by atoms with van der Waals surface area (Å²) in [5.74, 6) is 0.959. The topological polar surface area (TPSA) is 77.2 Å². The van der Waals surface area contributed by atoms with Gasteiger partial charge in [-0.15, -0.1) is 0 Å². The highest BCUT2D eigenvalue weighted by atomic mass is 16.2. The van der Waals surface area contributed by atoms with Gasteiger partial charge in [0.05, 0.1) is 11.4 Å². The lowest BCUT2D eigenvalue weighted by molar-refractivity contribution is 0.208. The van der Waals surface area contributed by atoms with Crippen LogP contribution in [-0.2, 0) is 6.42 Å². The SMILES string of the molecule is O=C(Nc1ccc(-c2n[nH]c3c2Cc2ccccc2-3)cc1)N1CCN(c2ccccn2)CC1. The van der Waals surface area contributed by atoms with Crippen molar-refractivity contribution in [3.8, 4) is 22.5 Å². The molecule has 0 bridgehead atoms. The van der Waals surface area contributed by atoms with Crippen molar-refractivity contribution in [1.29, 1.82) is 0 Å². The highest BCUT2D eigenvalue weighted by molar-refractivity contribution is 5.90. The maximum atomic E-state index is 12.8. The summed E-state index contributed by atoms with van der Waals surface area (Å²) < 4.78 is 0. The molecule has 2 amide bonds. The number of fused-ring (bicyclic) bond motifs is 3. The number of aromatic nitrogens is 3. The summed E-state index contributed by atoms with van der Waals surface area (Å²) in [6, 6.07) is 22.2. The standard InChI is InChI=1S/C26H24N6O/c33-26(32-15-13-31(14-16-32)23-7-3-4-12-27-23)28-20-10-8-18(9-11-20)24-22-17-19-5-1-2-6-21(19)25(22)30-29-24/h1-12H,13-17H2,(H,28,33)(H,29,30). The van der Waals surface area contributed by atoms with E-state index in [2.05, 4.69) is 49.7 Å². The molecule has 0 spiro atoms. The summed E-state index contributed by atoms with van der Waals surface area (Å²) in [6.07, 6.45) is 2.69. The van der Waals surface area contributed by atoms with E-state index >= 15 is 0 Å². The number of hydrogen-bond acceptors (Lipinski definition) is 4. The van der Waals surface area contributed by atoms with E-state index in [1.54, 1.807) is 6.20 Å². The van der Waals surface area contributed by atoms with Crippen molar-refractivity contribution in [2.45, 2.75) is 6.42 Å². The second kappa shape index (κ2) is 8.09. The van der Waals surface area contributed by atoms with Gasteiger partial charge >= 0.3 is 6.03 Å². The summed E-state index contributed by atoms with van der Waals surface area (Å²) >= 11 is 0. The number of piperazine rings is 1. The molecule has 2 aromatic carbocycles. The van der Waals surface area contributed by atoms with Crippen LogP contribution in [0.4, 0.5) is 16.3 Å². The molecule has 2 aromatic heterocycles. The van der Waals surface area contributed by atoms with Crippen molar-refractivity contribution in [1.82, 2.24) is 20.1 Å². The molecule has 7 nitrogen and oxygen atoms in total. The van der Waals surface area contributed by atoms with Crippen molar-refractivity contribution >= 4 is 17.5 Å². The first-order valence-corrected chi connectivity index (χ1v) is 11.2. The molecule has 2 aliphatic rings. The third-order valence-corrected chi connectivity index (χ3v) is 6.47. The zero-order valence-corrected chi connectivity index (χ0v) is 18.2. The highest BCUT2D eigenvalue weighted by Gasteiger charge is 2.25. The molecule has 7 heteroatoms. The predicted molar refractivity (Wildman–Crippen MR) is 129 cm³/mol. The van der Waals surface area contributed by atoms with E-state index in [0.717, 1.165) is 48.0 Å². The number of amides is 2. The van der Waals surface area contributed by atoms with Crippen LogP contribution < -0.4 is 10.2 Å². The van der Waals surface area contributed by atoms with E-state index < -0.39 is 0 Å². The number of urea groups is 1. The maximum absolute atomic E-state index is 12.8. The van der Waals surface area contributed by atoms with E-state index in [1.807, 2.05) is 47.4 Å². The van der Waals surface area contributed by atoms with Crippen LogP contribution in [0, 0.1) is 0 Å². The monoisotopic (exact) mass is 436 g/mol. The lowest BCUT2D eigenvalue weighted by Crippen LogP contribution is -2.50. The number of carbonyl (C=O) groups excluding carboxylic acids is 1. The number of benzene rings is 2. The van der Waals surface area contributed by atoms with Gasteiger partial charge in [-0.1, -0.05) is 42.5 Å². The van der Waals surface area contributed by atoms with Crippen molar-refractivity contribution in [2.24, 2.45) is 0 Å². The molecule has 164 valence electrons. The second-order valence-electron chi connectivity index (χ2n) is 8.43. The van der Waals surface area contributed by atoms with E-state index in [-0.39, 0.29) is 6.03 Å². The largest absolute Gasteiger partial charge is 0.353 e. The molecule has 0 unspecified atom stereocenters. The van der Waals surface area contributed by atoms with Gasteiger partial charge in [-0.2, -0.15) is 5.10 Å². The van der Waals surface area contributed by atoms with Crippen molar-refractivity contribution in [2.75, 3.05) is 36.4 Å². The van der Waals surface area contributed by atoms with E-state index in [4.69, 9.17) is 0 Å². The third-order valence-electron chi connectivity index (χ3n) is 6.47. The normalized spacial score (nSPS) is 14.7. The molecule has 1 fully saturated rings. The van der Waals surface area contributed by atoms with Crippen LogP contribution in [0.2, 0.25) is 0 Å². The van der Waals surface area contributed by atoms with E-state index in [0.29, 0.717) is 13.1 Å². The van der Waals surface area contributed by atoms with E-state index in [1.165, 1.54) is 16.7 Å². The number of H-pyrrole nitrogens is 1. The quantitative estimate of drug-likeness (QED) is 0.440. The fourth-order valence-corrected chi connectivity index (χ4v) is 4.70. The van der Waals surface area contributed by atoms with Gasteiger partial charge < -0.3 is 15.1 Å². The van der Waals surface area contributed by atoms with Crippen LogP contribution in [0.15, 0.2) is 72.9 Å². The Bertz CT molecular complexity index is 1290. The number of hydrogen-bond donors (Lipinski definition) is 2. The average molecular weight is 437 g/mol. The third kappa shape index (κ3) is 3.61. The number of carbonyl (C=O) groups is 1. The van der Waals surface area contributed by atoms with Crippen LogP contribution >= 0.6 is 0 Å². The van der Waals surface area contributed by atoms with Gasteiger partial charge in [0.25, 0.3) is 0 Å². The minimum absolute atomic E-state index is 0.0699. The molecule has 0 saturated carbocycles. The smallest absolute Gasteiger partial charge is 0.321 e. The predicted octanol–water partition coefficient (Wildman–Crippen LogP) is 4.40. The molecule has 2 N–H and O–H groups in total. The first-order valence-electron chi connectivity index (χ1n) is 11.2. The first kappa shape index (κ1) is 19.5. The lowest BCUT2D eigenvalue weighted by Gasteiger charge is -2.35.